The van der Waals surface area contributed by atoms with Gasteiger partial charge in [0, 0.05) is 0 Å². The molecule has 0 heteroatoms. The molecule has 0 spiro atoms. The highest BCUT2D eigenvalue weighted by atomic mass is 14.2. The summed E-state index contributed by atoms with van der Waals surface area (Å²) in [5, 5.41) is 0. The van der Waals surface area contributed by atoms with E-state index in [0.29, 0.717) is 5.41 Å². The van der Waals surface area contributed by atoms with E-state index < -0.39 is 0 Å². The van der Waals surface area contributed by atoms with E-state index in [1.165, 1.54) is 44.9 Å². The van der Waals surface area contributed by atoms with Gasteiger partial charge in [-0.1, -0.05) is 66.7 Å². The summed E-state index contributed by atoms with van der Waals surface area (Å²) in [7, 11) is 0. The van der Waals surface area contributed by atoms with Crippen molar-refractivity contribution in [2.75, 3.05) is 0 Å². The first-order chi connectivity index (χ1) is 6.52. The molecule has 86 valence electrons. The van der Waals surface area contributed by atoms with Crippen molar-refractivity contribution in [2.24, 2.45) is 11.3 Å². The second kappa shape index (κ2) is 7.31. The third-order valence-electron chi connectivity index (χ3n) is 3.13. The third-order valence-corrected chi connectivity index (χ3v) is 3.13. The molecule has 0 aromatic carbocycles. The monoisotopic (exact) mass is 198 g/mol. The summed E-state index contributed by atoms with van der Waals surface area (Å²) in [4.78, 5) is 0. The first-order valence-corrected chi connectivity index (χ1v) is 6.52. The third kappa shape index (κ3) is 7.41. The molecule has 0 aliphatic heterocycles. The molecule has 0 aliphatic rings. The quantitative estimate of drug-likeness (QED) is 0.457. The smallest absolute Gasteiger partial charge is 0.0352 e. The van der Waals surface area contributed by atoms with Crippen molar-refractivity contribution in [3.05, 3.63) is 0 Å². The largest absolute Gasteiger partial charge is 0.0654 e. The second-order valence-corrected chi connectivity index (χ2v) is 5.72. The maximum absolute atomic E-state index is 2.42. The Labute approximate surface area is 91.5 Å². The van der Waals surface area contributed by atoms with E-state index in [4.69, 9.17) is 0 Å². The molecule has 0 saturated heterocycles. The number of hydrogen-bond donors (Lipinski definition) is 0. The van der Waals surface area contributed by atoms with Gasteiger partial charge in [0.05, 0.1) is 0 Å². The van der Waals surface area contributed by atoms with E-state index in [9.17, 15) is 0 Å². The molecule has 0 aromatic rings. The summed E-state index contributed by atoms with van der Waals surface area (Å²) in [5.41, 5.74) is 0.570. The number of rotatable bonds is 8. The van der Waals surface area contributed by atoms with Crippen LogP contribution in [0.5, 0.6) is 0 Å². The van der Waals surface area contributed by atoms with Crippen LogP contribution in [0.1, 0.15) is 79.6 Å². The van der Waals surface area contributed by atoms with Gasteiger partial charge >= 0.3 is 0 Å². The Balaban J connectivity index is 3.63. The lowest BCUT2D eigenvalue weighted by molar-refractivity contribution is 0.244. The Hall–Kier alpha value is 0. The predicted molar refractivity (Wildman–Crippen MR) is 66.6 cm³/mol. The van der Waals surface area contributed by atoms with Crippen molar-refractivity contribution < 1.29 is 0 Å². The van der Waals surface area contributed by atoms with Gasteiger partial charge in [0.25, 0.3) is 0 Å². The van der Waals surface area contributed by atoms with Gasteiger partial charge in [-0.25, -0.2) is 0 Å². The predicted octanol–water partition coefficient (Wildman–Crippen LogP) is 5.42. The van der Waals surface area contributed by atoms with Crippen LogP contribution in [0, 0.1) is 11.3 Å². The second-order valence-electron chi connectivity index (χ2n) is 5.72. The lowest BCUT2D eigenvalue weighted by Crippen LogP contribution is -2.15. The fourth-order valence-electron chi connectivity index (χ4n) is 2.57. The van der Waals surface area contributed by atoms with Crippen molar-refractivity contribution in [1.29, 1.82) is 0 Å². The average Bonchev–Trinajstić information content (AvgIpc) is 2.03. The maximum atomic E-state index is 2.42. The van der Waals surface area contributed by atoms with Crippen LogP contribution in [0.2, 0.25) is 0 Å². The van der Waals surface area contributed by atoms with Crippen LogP contribution < -0.4 is 0 Å². The van der Waals surface area contributed by atoms with E-state index in [1.807, 2.05) is 0 Å². The van der Waals surface area contributed by atoms with Gasteiger partial charge in [0.1, 0.15) is 0 Å². The Morgan fingerprint density at radius 3 is 2.14 bits per heavy atom. The van der Waals surface area contributed by atoms with Crippen LogP contribution in [0.4, 0.5) is 0 Å². The molecule has 0 nitrogen and oxygen atoms in total. The molecule has 0 amide bonds. The zero-order valence-corrected chi connectivity index (χ0v) is 11.0. The normalized spacial score (nSPS) is 14.4. The van der Waals surface area contributed by atoms with Crippen LogP contribution >= 0.6 is 0 Å². The summed E-state index contributed by atoms with van der Waals surface area (Å²) < 4.78 is 0. The van der Waals surface area contributed by atoms with Crippen molar-refractivity contribution in [3.63, 3.8) is 0 Å². The zero-order valence-electron chi connectivity index (χ0n) is 11.0. The molecule has 0 aliphatic carbocycles. The minimum atomic E-state index is 0.570. The van der Waals surface area contributed by atoms with Crippen molar-refractivity contribution in [2.45, 2.75) is 79.6 Å². The van der Waals surface area contributed by atoms with Gasteiger partial charge in [-0.2, -0.15) is 0 Å². The fourth-order valence-corrected chi connectivity index (χ4v) is 2.57. The molecule has 1 atom stereocenters. The summed E-state index contributed by atoms with van der Waals surface area (Å²) in [6, 6.07) is 0. The molecule has 0 rings (SSSR count). The summed E-state index contributed by atoms with van der Waals surface area (Å²) >= 11 is 0. The molecule has 0 N–H and O–H groups in total. The molecule has 0 bridgehead atoms. The molecule has 14 heavy (non-hydrogen) atoms. The summed E-state index contributed by atoms with van der Waals surface area (Å²) in [6.07, 6.45) is 9.74. The lowest BCUT2D eigenvalue weighted by Gasteiger charge is -2.27. The molecule has 1 unspecified atom stereocenters. The number of hydrogen-bond acceptors (Lipinski definition) is 0. The molecule has 0 aromatic heterocycles. The van der Waals surface area contributed by atoms with Crippen molar-refractivity contribution in [1.82, 2.24) is 0 Å². The van der Waals surface area contributed by atoms with Crippen LogP contribution in [0.25, 0.3) is 0 Å². The van der Waals surface area contributed by atoms with Crippen LogP contribution in [0.15, 0.2) is 0 Å². The van der Waals surface area contributed by atoms with Gasteiger partial charge in [-0.3, -0.25) is 0 Å². The lowest BCUT2D eigenvalue weighted by atomic mass is 9.78. The minimum absolute atomic E-state index is 0.570. The molecule has 0 heterocycles. The van der Waals surface area contributed by atoms with Gasteiger partial charge in [-0.05, 0) is 24.2 Å². The van der Waals surface area contributed by atoms with Gasteiger partial charge in [-0.15, -0.1) is 0 Å². The molecule has 0 radical (unpaired) electrons. The molecule has 0 fully saturated rings. The Morgan fingerprint density at radius 1 is 1.00 bits per heavy atom. The van der Waals surface area contributed by atoms with Crippen LogP contribution in [-0.2, 0) is 0 Å². The van der Waals surface area contributed by atoms with Crippen LogP contribution in [-0.4, -0.2) is 0 Å². The first-order valence-electron chi connectivity index (χ1n) is 6.52. The summed E-state index contributed by atoms with van der Waals surface area (Å²) in [6.45, 7) is 11.8. The van der Waals surface area contributed by atoms with E-state index in [0.717, 1.165) is 5.92 Å². The standard InChI is InChI=1S/C14H30/c1-6-8-9-10-13(3)12-14(4,5)11-7-2/h13H,6-12H2,1-5H3. The van der Waals surface area contributed by atoms with E-state index in [1.54, 1.807) is 0 Å². The summed E-state index contributed by atoms with van der Waals surface area (Å²) in [5.74, 6) is 0.920. The first kappa shape index (κ1) is 14.0. The number of unbranched alkanes of at least 4 members (excludes halogenated alkanes) is 2. The molecule has 0 saturated carbocycles. The highest BCUT2D eigenvalue weighted by molar-refractivity contribution is 4.71. The Kier molecular flexibility index (Phi) is 7.31. The average molecular weight is 198 g/mol. The van der Waals surface area contributed by atoms with Crippen molar-refractivity contribution in [3.8, 4) is 0 Å². The van der Waals surface area contributed by atoms with E-state index >= 15 is 0 Å². The van der Waals surface area contributed by atoms with Crippen LogP contribution in [0.3, 0.4) is 0 Å². The Bertz CT molecular complexity index is 124. The topological polar surface area (TPSA) is 0 Å². The van der Waals surface area contributed by atoms with Gasteiger partial charge < -0.3 is 0 Å². The van der Waals surface area contributed by atoms with Gasteiger partial charge in [0.2, 0.25) is 0 Å². The SMILES string of the molecule is CCCCCC(C)CC(C)(C)CCC. The van der Waals surface area contributed by atoms with Gasteiger partial charge in [0.15, 0.2) is 0 Å². The molecular formula is C14H30. The van der Waals surface area contributed by atoms with Crippen molar-refractivity contribution >= 4 is 0 Å². The minimum Gasteiger partial charge on any atom is -0.0654 e. The van der Waals surface area contributed by atoms with E-state index in [2.05, 4.69) is 34.6 Å². The Morgan fingerprint density at radius 2 is 1.64 bits per heavy atom. The zero-order chi connectivity index (χ0) is 11.0. The fraction of sp³-hybridized carbons (Fsp3) is 1.00. The maximum Gasteiger partial charge on any atom is -0.0352 e. The highest BCUT2D eigenvalue weighted by Gasteiger charge is 2.19. The molecular weight excluding hydrogens is 168 g/mol. The highest BCUT2D eigenvalue weighted by Crippen LogP contribution is 2.32. The van der Waals surface area contributed by atoms with E-state index in [-0.39, 0.29) is 0 Å².